The molecule has 0 aliphatic rings. The van der Waals surface area contributed by atoms with Crippen molar-refractivity contribution in [1.29, 1.82) is 0 Å². The Bertz CT molecular complexity index is 934. The van der Waals surface area contributed by atoms with Gasteiger partial charge < -0.3 is 20.1 Å². The lowest BCUT2D eigenvalue weighted by Crippen LogP contribution is -2.23. The number of aryl methyl sites for hydroxylation is 1. The normalized spacial score (nSPS) is 12.1. The maximum absolute atomic E-state index is 12.4. The van der Waals surface area contributed by atoms with Gasteiger partial charge in [0.15, 0.2) is 16.8 Å². The zero-order valence-corrected chi connectivity index (χ0v) is 16.3. The molecule has 0 bridgehead atoms. The lowest BCUT2D eigenvalue weighted by molar-refractivity contribution is -0.118. The van der Waals surface area contributed by atoms with Crippen LogP contribution in [0.5, 0.6) is 0 Å². The molecule has 3 heterocycles. The number of primary amides is 1. The summed E-state index contributed by atoms with van der Waals surface area (Å²) in [5, 5.41) is 16.9. The Hall–Kier alpha value is -2.66. The average Bonchev–Trinajstić information content (AvgIpc) is 3.34. The van der Waals surface area contributed by atoms with E-state index in [1.807, 2.05) is 22.1 Å². The first-order valence-electron chi connectivity index (χ1n) is 8.10. The van der Waals surface area contributed by atoms with E-state index in [-0.39, 0.29) is 12.3 Å². The third-order valence-corrected chi connectivity index (χ3v) is 5.52. The fraction of sp³-hybridized carbons (Fsp3) is 0.312. The molecule has 3 rings (SSSR count). The van der Waals surface area contributed by atoms with Crippen LogP contribution in [0.4, 0.5) is 5.82 Å². The summed E-state index contributed by atoms with van der Waals surface area (Å²) in [6, 6.07) is 5.47. The minimum atomic E-state index is -0.463. The molecule has 3 N–H and O–H groups in total. The van der Waals surface area contributed by atoms with Crippen molar-refractivity contribution in [3.05, 3.63) is 29.3 Å². The fourth-order valence-corrected chi connectivity index (χ4v) is 3.84. The number of thiophene rings is 1. The molecule has 0 saturated carbocycles. The van der Waals surface area contributed by atoms with E-state index in [1.165, 1.54) is 23.1 Å². The number of hydrogen-bond donors (Lipinski definition) is 2. The first-order chi connectivity index (χ1) is 12.9. The van der Waals surface area contributed by atoms with Crippen LogP contribution in [0, 0.1) is 6.92 Å². The van der Waals surface area contributed by atoms with Crippen LogP contribution in [0.2, 0.25) is 0 Å². The third kappa shape index (κ3) is 4.74. The van der Waals surface area contributed by atoms with Crippen LogP contribution in [0.25, 0.3) is 10.7 Å². The molecule has 3 aromatic rings. The predicted molar refractivity (Wildman–Crippen MR) is 102 cm³/mol. The topological polar surface area (TPSA) is 129 Å². The number of hydrogen-bond acceptors (Lipinski definition) is 8. The lowest BCUT2D eigenvalue weighted by Gasteiger charge is -2.12. The highest BCUT2D eigenvalue weighted by Gasteiger charge is 2.22. The maximum Gasteiger partial charge on any atom is 0.238 e. The first-order valence-corrected chi connectivity index (χ1v) is 9.86. The Balaban J connectivity index is 1.76. The van der Waals surface area contributed by atoms with Crippen LogP contribution in [0.1, 0.15) is 19.1 Å². The summed E-state index contributed by atoms with van der Waals surface area (Å²) in [6.07, 6.45) is 0.156. The van der Waals surface area contributed by atoms with Gasteiger partial charge in [-0.05, 0) is 25.3 Å². The number of aromatic nitrogens is 4. The third-order valence-electron chi connectivity index (χ3n) is 3.57. The second kappa shape index (κ2) is 8.35. The van der Waals surface area contributed by atoms with Gasteiger partial charge in [0, 0.05) is 19.0 Å². The number of nitrogens with zero attached hydrogens (tertiary/aromatic N) is 4. The smallest absolute Gasteiger partial charge is 0.238 e. The molecule has 3 aromatic heterocycles. The molecular formula is C16H18N6O3S2. The Morgan fingerprint density at radius 1 is 1.44 bits per heavy atom. The first kappa shape index (κ1) is 19.1. The highest BCUT2D eigenvalue weighted by molar-refractivity contribution is 8.00. The summed E-state index contributed by atoms with van der Waals surface area (Å²) >= 11 is 2.77. The van der Waals surface area contributed by atoms with Crippen molar-refractivity contribution in [2.75, 3.05) is 5.32 Å². The second-order valence-corrected chi connectivity index (χ2v) is 7.98. The zero-order valence-electron chi connectivity index (χ0n) is 14.7. The molecule has 0 spiro atoms. The van der Waals surface area contributed by atoms with Crippen molar-refractivity contribution >= 4 is 40.7 Å². The van der Waals surface area contributed by atoms with Gasteiger partial charge in [-0.15, -0.1) is 21.5 Å². The summed E-state index contributed by atoms with van der Waals surface area (Å²) < 4.78 is 6.75. The molecule has 11 heteroatoms. The van der Waals surface area contributed by atoms with Crippen molar-refractivity contribution in [2.24, 2.45) is 5.73 Å². The Morgan fingerprint density at radius 2 is 2.26 bits per heavy atom. The lowest BCUT2D eigenvalue weighted by atomic mass is 10.4. The van der Waals surface area contributed by atoms with E-state index in [4.69, 9.17) is 10.3 Å². The molecule has 0 aliphatic carbocycles. The van der Waals surface area contributed by atoms with Gasteiger partial charge in [-0.3, -0.25) is 9.59 Å². The number of carbonyl (C=O) groups excluding carboxylic acids is 2. The van der Waals surface area contributed by atoms with Gasteiger partial charge >= 0.3 is 0 Å². The molecule has 0 radical (unpaired) electrons. The standard InChI is InChI=1S/C16H18N6O3S2/c1-9-8-13(21-25-9)18-15(24)10(2)27-16-20-19-14(11-4-3-7-26-11)22(16)6-5-12(17)23/h3-4,7-8,10H,5-6H2,1-2H3,(H2,17,23)(H,18,21,24)/t10-/m1/s1. The maximum atomic E-state index is 12.4. The largest absolute Gasteiger partial charge is 0.370 e. The van der Waals surface area contributed by atoms with Gasteiger partial charge in [-0.25, -0.2) is 0 Å². The minimum Gasteiger partial charge on any atom is -0.370 e. The van der Waals surface area contributed by atoms with E-state index in [1.54, 1.807) is 19.9 Å². The molecule has 1 atom stereocenters. The molecule has 27 heavy (non-hydrogen) atoms. The second-order valence-electron chi connectivity index (χ2n) is 5.72. The van der Waals surface area contributed by atoms with E-state index in [2.05, 4.69) is 20.7 Å². The average molecular weight is 406 g/mol. The molecule has 0 fully saturated rings. The van der Waals surface area contributed by atoms with Crippen molar-refractivity contribution in [2.45, 2.75) is 37.2 Å². The minimum absolute atomic E-state index is 0.156. The van der Waals surface area contributed by atoms with Crippen LogP contribution >= 0.6 is 23.1 Å². The van der Waals surface area contributed by atoms with Crippen LogP contribution in [0.3, 0.4) is 0 Å². The Morgan fingerprint density at radius 3 is 2.89 bits per heavy atom. The van der Waals surface area contributed by atoms with Gasteiger partial charge in [-0.2, -0.15) is 0 Å². The number of amides is 2. The van der Waals surface area contributed by atoms with Gasteiger partial charge in [0.25, 0.3) is 0 Å². The van der Waals surface area contributed by atoms with Crippen molar-refractivity contribution in [3.8, 4) is 10.7 Å². The quantitative estimate of drug-likeness (QED) is 0.549. The molecular weight excluding hydrogens is 388 g/mol. The van der Waals surface area contributed by atoms with E-state index in [0.717, 1.165) is 4.88 Å². The number of nitrogens with one attached hydrogen (secondary N) is 1. The van der Waals surface area contributed by atoms with Gasteiger partial charge in [0.2, 0.25) is 11.8 Å². The number of nitrogens with two attached hydrogens (primary N) is 1. The van der Waals surface area contributed by atoms with Crippen molar-refractivity contribution < 1.29 is 14.1 Å². The van der Waals surface area contributed by atoms with Gasteiger partial charge in [0.05, 0.1) is 10.1 Å². The van der Waals surface area contributed by atoms with Crippen LogP contribution in [0.15, 0.2) is 33.3 Å². The van der Waals surface area contributed by atoms with Crippen LogP contribution in [-0.4, -0.2) is 37.0 Å². The summed E-state index contributed by atoms with van der Waals surface area (Å²) in [4.78, 5) is 24.5. The van der Waals surface area contributed by atoms with E-state index < -0.39 is 11.2 Å². The molecule has 142 valence electrons. The molecule has 9 nitrogen and oxygen atoms in total. The van der Waals surface area contributed by atoms with Crippen molar-refractivity contribution in [1.82, 2.24) is 19.9 Å². The fourth-order valence-electron chi connectivity index (χ4n) is 2.25. The molecule has 0 aromatic carbocycles. The number of thioether (sulfide) groups is 1. The summed E-state index contributed by atoms with van der Waals surface area (Å²) in [5.74, 6) is 0.963. The van der Waals surface area contributed by atoms with E-state index in [0.29, 0.717) is 29.1 Å². The molecule has 0 saturated heterocycles. The SMILES string of the molecule is Cc1cc(NC(=O)[C@@H](C)Sc2nnc(-c3cccs3)n2CCC(N)=O)no1. The monoisotopic (exact) mass is 406 g/mol. The van der Waals surface area contributed by atoms with Crippen molar-refractivity contribution in [3.63, 3.8) is 0 Å². The Kier molecular flexibility index (Phi) is 5.91. The highest BCUT2D eigenvalue weighted by atomic mass is 32.2. The molecule has 2 amide bonds. The van der Waals surface area contributed by atoms with Gasteiger partial charge in [0.1, 0.15) is 5.76 Å². The summed E-state index contributed by atoms with van der Waals surface area (Å²) in [5.41, 5.74) is 5.29. The summed E-state index contributed by atoms with van der Waals surface area (Å²) in [7, 11) is 0. The number of rotatable bonds is 8. The van der Waals surface area contributed by atoms with E-state index >= 15 is 0 Å². The summed E-state index contributed by atoms with van der Waals surface area (Å²) in [6.45, 7) is 3.84. The molecule has 0 aliphatic heterocycles. The highest BCUT2D eigenvalue weighted by Crippen LogP contribution is 2.29. The number of carbonyl (C=O) groups is 2. The van der Waals surface area contributed by atoms with E-state index in [9.17, 15) is 9.59 Å². The van der Waals surface area contributed by atoms with Gasteiger partial charge in [-0.1, -0.05) is 23.0 Å². The zero-order chi connectivity index (χ0) is 19.4. The number of anilines is 1. The van der Waals surface area contributed by atoms with Crippen LogP contribution in [-0.2, 0) is 16.1 Å². The molecule has 0 unspecified atom stereocenters. The predicted octanol–water partition coefficient (Wildman–Crippen LogP) is 2.30. The Labute approximate surface area is 163 Å². The van der Waals surface area contributed by atoms with Crippen LogP contribution < -0.4 is 11.1 Å².